The fourth-order valence-electron chi connectivity index (χ4n) is 7.89. The van der Waals surface area contributed by atoms with E-state index in [-0.39, 0.29) is 29.7 Å². The largest absolute Gasteiger partial charge is 0.461 e. The molecule has 2 atom stereocenters. The van der Waals surface area contributed by atoms with E-state index in [1.165, 1.54) is 6.08 Å². The van der Waals surface area contributed by atoms with E-state index >= 15 is 4.39 Å². The minimum Gasteiger partial charge on any atom is -0.461 e. The molecule has 2 aromatic carbocycles. The summed E-state index contributed by atoms with van der Waals surface area (Å²) in [5.41, 5.74) is 1.81. The van der Waals surface area contributed by atoms with Gasteiger partial charge in [0.25, 0.3) is 0 Å². The first kappa shape index (κ1) is 33.3. The zero-order chi connectivity index (χ0) is 35.3. The van der Waals surface area contributed by atoms with Crippen molar-refractivity contribution in [2.45, 2.75) is 44.8 Å². The Bertz CT molecular complexity index is 2170. The van der Waals surface area contributed by atoms with Gasteiger partial charge in [-0.1, -0.05) is 41.9 Å². The molecule has 10 nitrogen and oxygen atoms in total. The Kier molecular flexibility index (Phi) is 8.75. The maximum atomic E-state index is 16.8. The predicted molar refractivity (Wildman–Crippen MR) is 193 cm³/mol. The summed E-state index contributed by atoms with van der Waals surface area (Å²) in [6, 6.07) is 13.0. The molecule has 0 spiro atoms. The molecule has 51 heavy (non-hydrogen) atoms. The summed E-state index contributed by atoms with van der Waals surface area (Å²) in [5, 5.41) is 2.47. The SMILES string of the molecule is Cc1cc(/C=C/C(=O)N2CCN(c3nc(OC[C@@]45CCCN4C[C@H](F)C5)nc4c(F)c(-c5cccc6cccc(Cl)c56)ncc34)CC2)nc(C)n1. The maximum absolute atomic E-state index is 16.8. The van der Waals surface area contributed by atoms with E-state index in [1.807, 2.05) is 49.1 Å². The summed E-state index contributed by atoms with van der Waals surface area (Å²) in [6.45, 7) is 6.85. The van der Waals surface area contributed by atoms with Crippen molar-refractivity contribution in [2.75, 3.05) is 50.8 Å². The van der Waals surface area contributed by atoms with Crippen molar-refractivity contribution in [1.82, 2.24) is 34.7 Å². The molecule has 8 rings (SSSR count). The first-order valence-electron chi connectivity index (χ1n) is 17.3. The van der Waals surface area contributed by atoms with Crippen molar-refractivity contribution >= 4 is 51.1 Å². The molecule has 1 amide bonds. The van der Waals surface area contributed by atoms with Crippen molar-refractivity contribution in [3.63, 3.8) is 0 Å². The number of aromatic nitrogens is 5. The lowest BCUT2D eigenvalue weighted by molar-refractivity contribution is -0.126. The van der Waals surface area contributed by atoms with Gasteiger partial charge in [-0.3, -0.25) is 14.7 Å². The number of aryl methyl sites for hydroxylation is 2. The number of ether oxygens (including phenoxy) is 1. The molecular weight excluding hydrogens is 674 g/mol. The van der Waals surface area contributed by atoms with E-state index in [0.29, 0.717) is 77.8 Å². The van der Waals surface area contributed by atoms with E-state index in [0.717, 1.165) is 30.5 Å². The lowest BCUT2D eigenvalue weighted by atomic mass is 9.95. The molecule has 3 aliphatic heterocycles. The van der Waals surface area contributed by atoms with E-state index in [9.17, 15) is 9.18 Å². The fourth-order valence-corrected chi connectivity index (χ4v) is 8.17. The highest BCUT2D eigenvalue weighted by Gasteiger charge is 2.49. The van der Waals surface area contributed by atoms with Crippen LogP contribution in [0.4, 0.5) is 14.6 Å². The van der Waals surface area contributed by atoms with Gasteiger partial charge in [-0.25, -0.2) is 18.7 Å². The number of carbonyl (C=O) groups excluding carboxylic acids is 1. The average Bonchev–Trinajstić information content (AvgIpc) is 3.65. The highest BCUT2D eigenvalue weighted by Crippen LogP contribution is 2.41. The monoisotopic (exact) mass is 710 g/mol. The number of rotatable bonds is 7. The second-order valence-corrected chi connectivity index (χ2v) is 14.1. The Labute approximate surface area is 299 Å². The van der Waals surface area contributed by atoms with Gasteiger partial charge < -0.3 is 14.5 Å². The number of hydrogen-bond acceptors (Lipinski definition) is 9. The molecule has 3 aromatic heterocycles. The number of benzene rings is 2. The standard InChI is InChI=1S/C38H37ClF2N8O2/c1-23-18-27(44-24(2)43-23)10-11-31(50)47-14-16-48(17-15-47)36-29-20-42-34(28-8-3-6-25-7-4-9-30(39)32(25)28)33(41)35(29)45-37(46-36)51-22-38-12-5-13-49(38)21-26(40)19-38/h3-4,6-11,18,20,26H,5,12-17,19,21-22H2,1-2H3/b11-10+/t26-,38+/m1/s1. The average molecular weight is 711 g/mol. The minimum atomic E-state index is -0.913. The van der Waals surface area contributed by atoms with Crippen LogP contribution in [0.3, 0.4) is 0 Å². The number of carbonyl (C=O) groups is 1. The second-order valence-electron chi connectivity index (χ2n) is 13.6. The summed E-state index contributed by atoms with van der Waals surface area (Å²) in [6.07, 6.45) is 6.08. The molecule has 262 valence electrons. The highest BCUT2D eigenvalue weighted by atomic mass is 35.5. The second kappa shape index (κ2) is 13.4. The molecule has 3 fully saturated rings. The molecule has 3 saturated heterocycles. The Morgan fingerprint density at radius 2 is 1.86 bits per heavy atom. The zero-order valence-corrected chi connectivity index (χ0v) is 29.2. The normalized spacial score (nSPS) is 20.9. The Morgan fingerprint density at radius 1 is 1.06 bits per heavy atom. The van der Waals surface area contributed by atoms with Crippen LogP contribution < -0.4 is 9.64 Å². The molecular formula is C38H37ClF2N8O2. The molecule has 6 heterocycles. The number of anilines is 1. The lowest BCUT2D eigenvalue weighted by Gasteiger charge is -2.35. The van der Waals surface area contributed by atoms with Gasteiger partial charge in [0.05, 0.1) is 16.6 Å². The van der Waals surface area contributed by atoms with Crippen molar-refractivity contribution in [1.29, 1.82) is 0 Å². The Balaban J connectivity index is 1.12. The summed E-state index contributed by atoms with van der Waals surface area (Å²) < 4.78 is 37.6. The molecule has 0 aliphatic carbocycles. The van der Waals surface area contributed by atoms with Gasteiger partial charge in [0.15, 0.2) is 5.82 Å². The third-order valence-electron chi connectivity index (χ3n) is 10.3. The van der Waals surface area contributed by atoms with E-state index < -0.39 is 17.5 Å². The maximum Gasteiger partial charge on any atom is 0.319 e. The van der Waals surface area contributed by atoms with Gasteiger partial charge in [0.1, 0.15) is 35.6 Å². The van der Waals surface area contributed by atoms with Crippen LogP contribution in [0.15, 0.2) is 54.7 Å². The number of hydrogen-bond donors (Lipinski definition) is 0. The summed E-state index contributed by atoms with van der Waals surface area (Å²) in [4.78, 5) is 41.8. The van der Waals surface area contributed by atoms with Crippen molar-refractivity contribution in [2.24, 2.45) is 0 Å². The number of halogens is 3. The highest BCUT2D eigenvalue weighted by molar-refractivity contribution is 6.36. The van der Waals surface area contributed by atoms with Gasteiger partial charge >= 0.3 is 6.01 Å². The number of fused-ring (bicyclic) bond motifs is 3. The molecule has 3 aliphatic rings. The number of pyridine rings is 1. The van der Waals surface area contributed by atoms with Crippen molar-refractivity contribution in [3.8, 4) is 17.3 Å². The van der Waals surface area contributed by atoms with Gasteiger partial charge in [-0.15, -0.1) is 0 Å². The number of nitrogens with zero attached hydrogens (tertiary/aromatic N) is 8. The van der Waals surface area contributed by atoms with Crippen LogP contribution >= 0.6 is 11.6 Å². The van der Waals surface area contributed by atoms with E-state index in [1.54, 1.807) is 29.3 Å². The molecule has 13 heteroatoms. The van der Waals surface area contributed by atoms with E-state index in [2.05, 4.69) is 24.8 Å². The van der Waals surface area contributed by atoms with Crippen LogP contribution in [-0.4, -0.2) is 98.2 Å². The third-order valence-corrected chi connectivity index (χ3v) is 10.6. The predicted octanol–water partition coefficient (Wildman–Crippen LogP) is 6.36. The Hall–Kier alpha value is -4.81. The number of piperazine rings is 1. The van der Waals surface area contributed by atoms with Gasteiger partial charge in [0.2, 0.25) is 5.91 Å². The van der Waals surface area contributed by atoms with Gasteiger partial charge in [-0.05, 0) is 56.8 Å². The van der Waals surface area contributed by atoms with Crippen LogP contribution in [0.5, 0.6) is 6.01 Å². The van der Waals surface area contributed by atoms with Gasteiger partial charge in [0, 0.05) is 73.1 Å². The van der Waals surface area contributed by atoms with E-state index in [4.69, 9.17) is 21.3 Å². The van der Waals surface area contributed by atoms with Crippen LogP contribution in [-0.2, 0) is 4.79 Å². The molecule has 0 radical (unpaired) electrons. The smallest absolute Gasteiger partial charge is 0.319 e. The zero-order valence-electron chi connectivity index (χ0n) is 28.5. The molecule has 0 N–H and O–H groups in total. The van der Waals surface area contributed by atoms with Crippen LogP contribution in [0.2, 0.25) is 5.02 Å². The first-order chi connectivity index (χ1) is 24.7. The van der Waals surface area contributed by atoms with Crippen molar-refractivity contribution < 1.29 is 18.3 Å². The number of amides is 1. The van der Waals surface area contributed by atoms with Gasteiger partial charge in [-0.2, -0.15) is 9.97 Å². The fraction of sp³-hybridized carbons (Fsp3) is 0.368. The minimum absolute atomic E-state index is 0.0184. The van der Waals surface area contributed by atoms with Crippen LogP contribution in [0.1, 0.15) is 36.5 Å². The summed E-state index contributed by atoms with van der Waals surface area (Å²) >= 11 is 6.62. The molecule has 0 bridgehead atoms. The lowest BCUT2D eigenvalue weighted by Crippen LogP contribution is -2.48. The topological polar surface area (TPSA) is 100 Å². The summed E-state index contributed by atoms with van der Waals surface area (Å²) in [5.74, 6) is 0.362. The molecule has 0 unspecified atom stereocenters. The molecule has 5 aromatic rings. The van der Waals surface area contributed by atoms with Crippen LogP contribution in [0.25, 0.3) is 39.0 Å². The summed E-state index contributed by atoms with van der Waals surface area (Å²) in [7, 11) is 0. The molecule has 0 saturated carbocycles. The van der Waals surface area contributed by atoms with Crippen LogP contribution in [0, 0.1) is 19.7 Å². The first-order valence-corrected chi connectivity index (χ1v) is 17.7. The Morgan fingerprint density at radius 3 is 2.67 bits per heavy atom. The number of alkyl halides is 1. The quantitative estimate of drug-likeness (QED) is 0.179. The third kappa shape index (κ3) is 6.35. The van der Waals surface area contributed by atoms with Crippen molar-refractivity contribution in [3.05, 3.63) is 82.8 Å².